The summed E-state index contributed by atoms with van der Waals surface area (Å²) in [4.78, 5) is 53.7. The van der Waals surface area contributed by atoms with Gasteiger partial charge in [0.1, 0.15) is 24.4 Å². The van der Waals surface area contributed by atoms with Crippen LogP contribution in [0.2, 0.25) is 0 Å². The number of aromatic hydroxyl groups is 1. The number of phenolic OH excluding ortho intramolecular Hbond substituents is 1. The van der Waals surface area contributed by atoms with E-state index in [1.165, 1.54) is 12.1 Å². The predicted octanol–water partition coefficient (Wildman–Crippen LogP) is -1.27. The molecule has 210 valence electrons. The van der Waals surface area contributed by atoms with E-state index in [-0.39, 0.29) is 37.5 Å². The van der Waals surface area contributed by atoms with Gasteiger partial charge in [0.15, 0.2) is 5.96 Å². The molecule has 11 N–H and O–H groups in total. The molecule has 13 nitrogen and oxygen atoms in total. The molecule has 0 aromatic heterocycles. The van der Waals surface area contributed by atoms with E-state index in [2.05, 4.69) is 20.9 Å². The van der Waals surface area contributed by atoms with Gasteiger partial charge in [-0.15, -0.1) is 0 Å². The lowest BCUT2D eigenvalue weighted by Crippen LogP contribution is -2.56. The predicted molar refractivity (Wildman–Crippen MR) is 144 cm³/mol. The van der Waals surface area contributed by atoms with Crippen LogP contribution in [0, 0.1) is 0 Å². The summed E-state index contributed by atoms with van der Waals surface area (Å²) < 4.78 is 0. The number of nitrogens with two attached hydrogens (primary N) is 3. The van der Waals surface area contributed by atoms with Crippen LogP contribution in [0.1, 0.15) is 24.0 Å². The number of benzene rings is 2. The van der Waals surface area contributed by atoms with Gasteiger partial charge in [-0.05, 0) is 42.5 Å². The number of rotatable bonds is 15. The molecule has 0 saturated heterocycles. The van der Waals surface area contributed by atoms with Gasteiger partial charge in [0.2, 0.25) is 17.7 Å². The molecule has 0 aliphatic carbocycles. The van der Waals surface area contributed by atoms with Crippen molar-refractivity contribution < 1.29 is 29.4 Å². The number of hydrogen-bond acceptors (Lipinski definition) is 7. The fourth-order valence-electron chi connectivity index (χ4n) is 3.65. The molecule has 3 amide bonds. The molecular formula is C26H35N7O6. The zero-order valence-electron chi connectivity index (χ0n) is 21.4. The van der Waals surface area contributed by atoms with Gasteiger partial charge in [-0.1, -0.05) is 42.5 Å². The van der Waals surface area contributed by atoms with Gasteiger partial charge in [0, 0.05) is 13.0 Å². The van der Waals surface area contributed by atoms with Gasteiger partial charge < -0.3 is 43.4 Å². The molecule has 3 atom stereocenters. The summed E-state index contributed by atoms with van der Waals surface area (Å²) in [7, 11) is 0. The number of guanidine groups is 1. The summed E-state index contributed by atoms with van der Waals surface area (Å²) >= 11 is 0. The zero-order chi connectivity index (χ0) is 28.8. The number of carbonyl (C=O) groups is 4. The van der Waals surface area contributed by atoms with Crippen LogP contribution in [0.4, 0.5) is 0 Å². The number of carboxylic acid groups (broad SMARTS) is 1. The molecule has 0 aliphatic rings. The molecule has 2 rings (SSSR count). The van der Waals surface area contributed by atoms with E-state index in [9.17, 15) is 24.3 Å². The molecule has 2 aromatic rings. The highest BCUT2D eigenvalue weighted by Gasteiger charge is 2.28. The molecule has 0 spiro atoms. The van der Waals surface area contributed by atoms with E-state index in [4.69, 9.17) is 22.3 Å². The van der Waals surface area contributed by atoms with Gasteiger partial charge in [0.05, 0.1) is 6.04 Å². The van der Waals surface area contributed by atoms with Crippen molar-refractivity contribution in [3.05, 3.63) is 65.7 Å². The summed E-state index contributed by atoms with van der Waals surface area (Å²) in [5.74, 6) is -3.22. The summed E-state index contributed by atoms with van der Waals surface area (Å²) in [6.07, 6.45) is 0.711. The lowest BCUT2D eigenvalue weighted by molar-refractivity contribution is -0.138. The Morgan fingerprint density at radius 1 is 0.821 bits per heavy atom. The third-order valence-electron chi connectivity index (χ3n) is 5.64. The Kier molecular flexibility index (Phi) is 12.2. The first-order valence-electron chi connectivity index (χ1n) is 12.3. The molecule has 0 unspecified atom stereocenters. The third kappa shape index (κ3) is 11.5. The molecule has 2 aromatic carbocycles. The average molecular weight is 542 g/mol. The van der Waals surface area contributed by atoms with Gasteiger partial charge >= 0.3 is 5.97 Å². The topological polar surface area (TPSA) is 235 Å². The minimum absolute atomic E-state index is 0.0757. The number of amides is 3. The number of carbonyl (C=O) groups excluding carboxylic acids is 3. The van der Waals surface area contributed by atoms with Crippen molar-refractivity contribution in [1.82, 2.24) is 16.0 Å². The highest BCUT2D eigenvalue weighted by molar-refractivity contribution is 5.93. The molecule has 0 aliphatic heterocycles. The number of phenols is 1. The Hall–Kier alpha value is -4.65. The van der Waals surface area contributed by atoms with Crippen LogP contribution in [0.5, 0.6) is 5.75 Å². The summed E-state index contributed by atoms with van der Waals surface area (Å²) in [6.45, 7) is -0.418. The molecule has 0 heterocycles. The Morgan fingerprint density at radius 2 is 1.44 bits per heavy atom. The van der Waals surface area contributed by atoms with E-state index < -0.39 is 48.4 Å². The number of nitrogens with one attached hydrogen (secondary N) is 3. The van der Waals surface area contributed by atoms with Gasteiger partial charge in [0.25, 0.3) is 0 Å². The molecule has 13 heteroatoms. The van der Waals surface area contributed by atoms with E-state index in [1.807, 2.05) is 0 Å². The van der Waals surface area contributed by atoms with Crippen molar-refractivity contribution in [1.29, 1.82) is 0 Å². The maximum absolute atomic E-state index is 13.3. The number of hydrogen-bond donors (Lipinski definition) is 8. The van der Waals surface area contributed by atoms with Crippen molar-refractivity contribution in [2.24, 2.45) is 22.2 Å². The fraction of sp³-hybridized carbons (Fsp3) is 0.346. The molecule has 0 bridgehead atoms. The Bertz CT molecular complexity index is 1140. The Labute approximate surface area is 225 Å². The number of nitrogens with zero attached hydrogens (tertiary/aromatic N) is 1. The van der Waals surface area contributed by atoms with E-state index in [1.54, 1.807) is 42.5 Å². The third-order valence-corrected chi connectivity index (χ3v) is 5.64. The molecule has 0 saturated carbocycles. The van der Waals surface area contributed by atoms with Crippen molar-refractivity contribution in [2.45, 2.75) is 43.8 Å². The average Bonchev–Trinajstić information content (AvgIpc) is 2.90. The van der Waals surface area contributed by atoms with Crippen molar-refractivity contribution in [3.63, 3.8) is 0 Å². The molecular weight excluding hydrogens is 506 g/mol. The monoisotopic (exact) mass is 541 g/mol. The highest BCUT2D eigenvalue weighted by Crippen LogP contribution is 2.11. The lowest BCUT2D eigenvalue weighted by Gasteiger charge is -2.24. The zero-order valence-corrected chi connectivity index (χ0v) is 21.4. The van der Waals surface area contributed by atoms with Crippen LogP contribution in [0.3, 0.4) is 0 Å². The highest BCUT2D eigenvalue weighted by atomic mass is 16.4. The quantitative estimate of drug-likeness (QED) is 0.0761. The molecule has 0 fully saturated rings. The van der Waals surface area contributed by atoms with E-state index >= 15 is 0 Å². The van der Waals surface area contributed by atoms with Crippen LogP contribution in [0.15, 0.2) is 59.6 Å². The molecule has 39 heavy (non-hydrogen) atoms. The Morgan fingerprint density at radius 3 is 2.05 bits per heavy atom. The number of aliphatic carboxylic acids is 1. The Balaban J connectivity index is 2.16. The summed E-state index contributed by atoms with van der Waals surface area (Å²) in [5, 5.41) is 25.9. The second-order valence-corrected chi connectivity index (χ2v) is 8.85. The van der Waals surface area contributed by atoms with Crippen LogP contribution >= 0.6 is 0 Å². The van der Waals surface area contributed by atoms with Crippen LogP contribution in [0.25, 0.3) is 0 Å². The van der Waals surface area contributed by atoms with Gasteiger partial charge in [-0.2, -0.15) is 0 Å². The maximum atomic E-state index is 13.3. The lowest BCUT2D eigenvalue weighted by atomic mass is 10.0. The first-order valence-corrected chi connectivity index (χ1v) is 12.3. The minimum Gasteiger partial charge on any atom is -0.508 e. The van der Waals surface area contributed by atoms with Crippen LogP contribution in [-0.4, -0.2) is 71.1 Å². The van der Waals surface area contributed by atoms with Crippen LogP contribution in [-0.2, 0) is 32.0 Å². The first kappa shape index (κ1) is 30.6. The summed E-state index contributed by atoms with van der Waals surface area (Å²) in [5.41, 5.74) is 18.2. The largest absolute Gasteiger partial charge is 0.508 e. The van der Waals surface area contributed by atoms with E-state index in [0.29, 0.717) is 12.0 Å². The van der Waals surface area contributed by atoms with Gasteiger partial charge in [-0.3, -0.25) is 24.2 Å². The van der Waals surface area contributed by atoms with Crippen molar-refractivity contribution in [3.8, 4) is 5.75 Å². The SMILES string of the molecule is NC(N)=NCCC[C@@H](NC(=O)[C@@H](N)Cc1ccc(O)cc1)C(=O)N[C@@H](Cc1ccccc1)C(=O)NCC(=O)O. The first-order chi connectivity index (χ1) is 18.5. The standard InChI is InChI=1S/C26H35N7O6/c27-19(13-17-8-10-18(34)11-9-17)23(37)32-20(7-4-12-30-26(28)29)25(39)33-21(24(38)31-15-22(35)36)14-16-5-2-1-3-6-16/h1-3,5-6,8-11,19-21,34H,4,7,12-15,27H2,(H,31,38)(H,32,37)(H,33,39)(H,35,36)(H4,28,29,30)/t19-,20+,21-/m0/s1. The van der Waals surface area contributed by atoms with Gasteiger partial charge in [-0.25, -0.2) is 0 Å². The van der Waals surface area contributed by atoms with E-state index in [0.717, 1.165) is 5.56 Å². The smallest absolute Gasteiger partial charge is 0.322 e. The fourth-order valence-corrected chi connectivity index (χ4v) is 3.65. The maximum Gasteiger partial charge on any atom is 0.322 e. The number of aliphatic imine (C=N–C) groups is 1. The van der Waals surface area contributed by atoms with Crippen molar-refractivity contribution >= 4 is 29.7 Å². The molecule has 0 radical (unpaired) electrons. The second-order valence-electron chi connectivity index (χ2n) is 8.85. The second kappa shape index (κ2) is 15.6. The van der Waals surface area contributed by atoms with Crippen LogP contribution < -0.4 is 33.2 Å². The summed E-state index contributed by atoms with van der Waals surface area (Å²) in [6, 6.07) is 11.9. The normalized spacial score (nSPS) is 12.8. The number of carboxylic acids is 1. The van der Waals surface area contributed by atoms with Crippen molar-refractivity contribution in [2.75, 3.05) is 13.1 Å². The minimum atomic E-state index is -1.24.